The van der Waals surface area contributed by atoms with Crippen LogP contribution in [-0.2, 0) is 9.57 Å². The van der Waals surface area contributed by atoms with Crippen molar-refractivity contribution in [1.29, 1.82) is 0 Å². The minimum Gasteiger partial charge on any atom is -0.379 e. The number of hydrogen-bond donors (Lipinski definition) is 3. The zero-order valence-corrected chi connectivity index (χ0v) is 22.0. The van der Waals surface area contributed by atoms with Gasteiger partial charge in [-0.2, -0.15) is 0 Å². The maximum atomic E-state index is 15.9. The fourth-order valence-corrected chi connectivity index (χ4v) is 4.91. The summed E-state index contributed by atoms with van der Waals surface area (Å²) in [7, 11) is 0.432. The highest BCUT2D eigenvalue weighted by atomic mass is 35.5. The van der Waals surface area contributed by atoms with Crippen LogP contribution in [0.25, 0.3) is 0 Å². The molecule has 5 rings (SSSR count). The minimum absolute atomic E-state index is 0.0307. The maximum absolute atomic E-state index is 15.9. The highest BCUT2D eigenvalue weighted by Gasteiger charge is 2.30. The molecule has 2 heterocycles. The van der Waals surface area contributed by atoms with Crippen LogP contribution in [-0.4, -0.2) is 71.0 Å². The molecule has 12 heteroatoms. The Labute approximate surface area is 227 Å². The SMILES string of the molecule is O=C(NOCC1CC1)c1cc2c(c(F)c1Nc1ccc([B]F)cc1Cl)NCN2CCCCN1CCOCC1. The molecular formula is C26H32BClF2N5O3. The van der Waals surface area contributed by atoms with Crippen molar-refractivity contribution < 1.29 is 23.1 Å². The first kappa shape index (κ1) is 27.0. The lowest BCUT2D eigenvalue weighted by atomic mass is 9.91. The lowest BCUT2D eigenvalue weighted by Gasteiger charge is -2.27. The zero-order valence-electron chi connectivity index (χ0n) is 21.2. The van der Waals surface area contributed by atoms with E-state index < -0.39 is 11.7 Å². The second-order valence-electron chi connectivity index (χ2n) is 9.93. The third-order valence-corrected chi connectivity index (χ3v) is 7.41. The Hall–Kier alpha value is -2.60. The molecule has 203 valence electrons. The van der Waals surface area contributed by atoms with E-state index in [1.54, 1.807) is 12.1 Å². The molecule has 0 aromatic heterocycles. The number of rotatable bonds is 12. The van der Waals surface area contributed by atoms with Gasteiger partial charge in [-0.05, 0) is 61.8 Å². The first-order valence-electron chi connectivity index (χ1n) is 13.1. The first-order valence-corrected chi connectivity index (χ1v) is 13.5. The molecule has 1 saturated heterocycles. The molecule has 0 spiro atoms. The lowest BCUT2D eigenvalue weighted by molar-refractivity contribution is 0.0271. The third-order valence-electron chi connectivity index (χ3n) is 7.09. The Kier molecular flexibility index (Phi) is 8.88. The van der Waals surface area contributed by atoms with Gasteiger partial charge in [0.1, 0.15) is 0 Å². The fraction of sp³-hybridized carbons (Fsp3) is 0.500. The number of anilines is 4. The molecule has 2 aliphatic heterocycles. The van der Waals surface area contributed by atoms with E-state index >= 15 is 4.39 Å². The minimum atomic E-state index is -0.595. The number of fused-ring (bicyclic) bond motifs is 1. The number of halogens is 3. The van der Waals surface area contributed by atoms with E-state index in [0.717, 1.165) is 65.1 Å². The Bertz CT molecular complexity index is 1150. The summed E-state index contributed by atoms with van der Waals surface area (Å²) in [6.07, 6.45) is 4.10. The number of amides is 1. The van der Waals surface area contributed by atoms with Gasteiger partial charge in [-0.15, -0.1) is 0 Å². The van der Waals surface area contributed by atoms with Crippen molar-refractivity contribution >= 4 is 53.3 Å². The largest absolute Gasteiger partial charge is 0.391 e. The number of benzene rings is 2. The number of nitrogens with zero attached hydrogens (tertiary/aromatic N) is 2. The van der Waals surface area contributed by atoms with Crippen LogP contribution in [0.5, 0.6) is 0 Å². The van der Waals surface area contributed by atoms with Crippen LogP contribution in [0.1, 0.15) is 36.0 Å². The third kappa shape index (κ3) is 6.51. The number of carbonyl (C=O) groups is 1. The Balaban J connectivity index is 1.33. The van der Waals surface area contributed by atoms with Crippen molar-refractivity contribution in [3.63, 3.8) is 0 Å². The average molecular weight is 547 g/mol. The molecule has 2 aromatic carbocycles. The number of morpholine rings is 1. The molecule has 2 fully saturated rings. The van der Waals surface area contributed by atoms with Gasteiger partial charge in [0.15, 0.2) is 5.82 Å². The summed E-state index contributed by atoms with van der Waals surface area (Å²) in [5.74, 6) is -0.701. The van der Waals surface area contributed by atoms with Crippen molar-refractivity contribution in [2.75, 3.05) is 68.2 Å². The van der Waals surface area contributed by atoms with Gasteiger partial charge in [-0.1, -0.05) is 17.7 Å². The van der Waals surface area contributed by atoms with Crippen molar-refractivity contribution in [2.45, 2.75) is 25.7 Å². The summed E-state index contributed by atoms with van der Waals surface area (Å²) in [6, 6.07) is 6.15. The number of hydroxylamine groups is 1. The van der Waals surface area contributed by atoms with Crippen LogP contribution < -0.4 is 26.5 Å². The predicted octanol–water partition coefficient (Wildman–Crippen LogP) is 3.81. The predicted molar refractivity (Wildman–Crippen MR) is 146 cm³/mol. The van der Waals surface area contributed by atoms with Gasteiger partial charge in [0.2, 0.25) is 0 Å². The van der Waals surface area contributed by atoms with Crippen LogP contribution in [0.4, 0.5) is 31.5 Å². The van der Waals surface area contributed by atoms with Crippen LogP contribution in [0.2, 0.25) is 5.02 Å². The number of ether oxygens (including phenoxy) is 1. The second kappa shape index (κ2) is 12.5. The molecule has 38 heavy (non-hydrogen) atoms. The fourth-order valence-electron chi connectivity index (χ4n) is 4.68. The molecule has 1 saturated carbocycles. The van der Waals surface area contributed by atoms with E-state index in [9.17, 15) is 9.11 Å². The van der Waals surface area contributed by atoms with Gasteiger partial charge >= 0.3 is 7.56 Å². The van der Waals surface area contributed by atoms with Crippen LogP contribution in [0.3, 0.4) is 0 Å². The normalized spacial score (nSPS) is 17.2. The van der Waals surface area contributed by atoms with Gasteiger partial charge in [-0.25, -0.2) is 9.87 Å². The molecule has 1 amide bonds. The monoisotopic (exact) mass is 546 g/mol. The summed E-state index contributed by atoms with van der Waals surface area (Å²) < 4.78 is 34.2. The van der Waals surface area contributed by atoms with Crippen LogP contribution in [0.15, 0.2) is 24.3 Å². The van der Waals surface area contributed by atoms with E-state index in [0.29, 0.717) is 43.8 Å². The second-order valence-corrected chi connectivity index (χ2v) is 10.3. The molecule has 0 unspecified atom stereocenters. The number of hydrogen-bond acceptors (Lipinski definition) is 7. The van der Waals surface area contributed by atoms with Gasteiger partial charge in [0, 0.05) is 19.6 Å². The summed E-state index contributed by atoms with van der Waals surface area (Å²) in [5, 5.41) is 6.28. The van der Waals surface area contributed by atoms with E-state index in [1.807, 2.05) is 4.90 Å². The van der Waals surface area contributed by atoms with Crippen LogP contribution in [0, 0.1) is 11.7 Å². The molecular weight excluding hydrogens is 515 g/mol. The van der Waals surface area contributed by atoms with Gasteiger partial charge in [0.05, 0.1) is 59.8 Å². The number of unbranched alkanes of at least 4 members (excludes halogenated alkanes) is 1. The van der Waals surface area contributed by atoms with E-state index in [2.05, 4.69) is 21.0 Å². The Morgan fingerprint density at radius 3 is 2.74 bits per heavy atom. The Morgan fingerprint density at radius 2 is 2.00 bits per heavy atom. The van der Waals surface area contributed by atoms with Gasteiger partial charge < -0.3 is 24.6 Å². The molecule has 2 aromatic rings. The molecule has 0 bridgehead atoms. The van der Waals surface area contributed by atoms with Crippen molar-refractivity contribution in [2.24, 2.45) is 5.92 Å². The summed E-state index contributed by atoms with van der Waals surface area (Å²) in [4.78, 5) is 23.0. The van der Waals surface area contributed by atoms with E-state index in [-0.39, 0.29) is 21.7 Å². The zero-order chi connectivity index (χ0) is 26.5. The summed E-state index contributed by atoms with van der Waals surface area (Å²) >= 11 is 6.30. The lowest BCUT2D eigenvalue weighted by Crippen LogP contribution is -2.37. The topological polar surface area (TPSA) is 78.1 Å². The van der Waals surface area contributed by atoms with Gasteiger partial charge in [0.25, 0.3) is 5.91 Å². The molecule has 0 atom stereocenters. The highest BCUT2D eigenvalue weighted by molar-refractivity contribution is 6.47. The maximum Gasteiger partial charge on any atom is 0.391 e. The standard InChI is InChI=1S/C26H32BClF2N5O3/c28-20-13-18(27-30)5-6-21(20)32-24-19(26(36)33-38-15-17-3-4-17)14-22-25(23(24)29)31-16-35(22)8-2-1-7-34-9-11-37-12-10-34/h5-6,13-14,17,31-32H,1-4,7-12,15-16H2,(H,33,36). The Morgan fingerprint density at radius 1 is 1.21 bits per heavy atom. The highest BCUT2D eigenvalue weighted by Crippen LogP contribution is 2.41. The first-order chi connectivity index (χ1) is 18.5. The average Bonchev–Trinajstić information content (AvgIpc) is 3.67. The number of carbonyl (C=O) groups excluding carboxylic acids is 1. The molecule has 3 N–H and O–H groups in total. The van der Waals surface area contributed by atoms with E-state index in [4.69, 9.17) is 21.2 Å². The van der Waals surface area contributed by atoms with Crippen molar-refractivity contribution in [3.8, 4) is 0 Å². The molecule has 3 aliphatic rings. The summed E-state index contributed by atoms with van der Waals surface area (Å²) in [5.41, 5.74) is 4.11. The molecule has 1 radical (unpaired) electrons. The molecule has 1 aliphatic carbocycles. The summed E-state index contributed by atoms with van der Waals surface area (Å²) in [6.45, 7) is 6.05. The van der Waals surface area contributed by atoms with Crippen molar-refractivity contribution in [3.05, 3.63) is 40.7 Å². The van der Waals surface area contributed by atoms with Crippen LogP contribution >= 0.6 is 11.6 Å². The quantitative estimate of drug-likeness (QED) is 0.212. The number of nitrogens with one attached hydrogen (secondary N) is 3. The smallest absolute Gasteiger partial charge is 0.379 e. The molecule has 8 nitrogen and oxygen atoms in total. The van der Waals surface area contributed by atoms with Crippen molar-refractivity contribution in [1.82, 2.24) is 10.4 Å². The van der Waals surface area contributed by atoms with E-state index in [1.165, 1.54) is 12.1 Å². The van der Waals surface area contributed by atoms with Gasteiger partial charge in [-0.3, -0.25) is 14.5 Å².